The number of nitrogens with zero attached hydrogens (tertiary/aromatic N) is 1. The summed E-state index contributed by atoms with van der Waals surface area (Å²) in [6.45, 7) is 11.6. The van der Waals surface area contributed by atoms with Gasteiger partial charge in [-0.25, -0.2) is 0 Å². The molecule has 0 saturated carbocycles. The molecule has 1 aliphatic rings. The van der Waals surface area contributed by atoms with E-state index in [2.05, 4.69) is 55.3 Å². The number of aryl methyl sites for hydroxylation is 1. The summed E-state index contributed by atoms with van der Waals surface area (Å²) >= 11 is 0. The van der Waals surface area contributed by atoms with Crippen molar-refractivity contribution in [3.05, 3.63) is 35.4 Å². The van der Waals surface area contributed by atoms with E-state index in [-0.39, 0.29) is 0 Å². The van der Waals surface area contributed by atoms with Gasteiger partial charge in [-0.05, 0) is 26.0 Å². The van der Waals surface area contributed by atoms with Gasteiger partial charge in [0.1, 0.15) is 0 Å². The van der Waals surface area contributed by atoms with Gasteiger partial charge in [0, 0.05) is 25.7 Å². The fourth-order valence-corrected chi connectivity index (χ4v) is 2.47. The van der Waals surface area contributed by atoms with Crippen LogP contribution in [0.5, 0.6) is 0 Å². The highest BCUT2D eigenvalue weighted by atomic mass is 16.5. The maximum atomic E-state index is 5.81. The Hall–Kier alpha value is -0.900. The van der Waals surface area contributed by atoms with Crippen LogP contribution in [0.1, 0.15) is 31.0 Å². The van der Waals surface area contributed by atoms with Crippen molar-refractivity contribution in [2.45, 2.75) is 32.9 Å². The van der Waals surface area contributed by atoms with Crippen molar-refractivity contribution < 1.29 is 4.74 Å². The van der Waals surface area contributed by atoms with Crippen LogP contribution in [0.4, 0.5) is 0 Å². The van der Waals surface area contributed by atoms with E-state index in [1.807, 2.05) is 0 Å². The van der Waals surface area contributed by atoms with Gasteiger partial charge >= 0.3 is 0 Å². The highest BCUT2D eigenvalue weighted by molar-refractivity contribution is 5.23. The van der Waals surface area contributed by atoms with Crippen LogP contribution in [0.2, 0.25) is 0 Å². The summed E-state index contributed by atoms with van der Waals surface area (Å²) in [5.74, 6) is 0. The lowest BCUT2D eigenvalue weighted by atomic mass is 10.1. The number of rotatable bonds is 5. The standard InChI is InChI=1S/C16H26N2O/c1-4-18-9-10-19-16(12-18)11-17-14(3)15-7-5-13(2)6-8-15/h5-8,14,16-17H,4,9-12H2,1-3H3/t14-,16?/m0/s1. The lowest BCUT2D eigenvalue weighted by molar-refractivity contribution is -0.0262. The number of ether oxygens (including phenoxy) is 1. The van der Waals surface area contributed by atoms with Crippen LogP contribution in [0.25, 0.3) is 0 Å². The SMILES string of the molecule is CCN1CCOC(CN[C@@H](C)c2ccc(C)cc2)C1. The summed E-state index contributed by atoms with van der Waals surface area (Å²) < 4.78 is 5.81. The molecule has 106 valence electrons. The molecule has 1 aromatic carbocycles. The Kier molecular flexibility index (Phi) is 5.37. The van der Waals surface area contributed by atoms with Gasteiger partial charge < -0.3 is 10.1 Å². The maximum Gasteiger partial charge on any atom is 0.0826 e. The summed E-state index contributed by atoms with van der Waals surface area (Å²) in [4.78, 5) is 2.45. The molecule has 1 saturated heterocycles. The molecule has 1 aliphatic heterocycles. The van der Waals surface area contributed by atoms with Crippen molar-refractivity contribution in [1.29, 1.82) is 0 Å². The number of morpholine rings is 1. The molecule has 2 atom stereocenters. The summed E-state index contributed by atoms with van der Waals surface area (Å²) in [6, 6.07) is 9.12. The average molecular weight is 262 g/mol. The highest BCUT2D eigenvalue weighted by Crippen LogP contribution is 2.13. The molecule has 3 nitrogen and oxygen atoms in total. The number of benzene rings is 1. The molecule has 0 aliphatic carbocycles. The van der Waals surface area contributed by atoms with Gasteiger partial charge in [0.25, 0.3) is 0 Å². The van der Waals surface area contributed by atoms with E-state index in [1.54, 1.807) is 0 Å². The largest absolute Gasteiger partial charge is 0.374 e. The second kappa shape index (κ2) is 7.04. The molecular formula is C16H26N2O. The summed E-state index contributed by atoms with van der Waals surface area (Å²) in [6.07, 6.45) is 0.321. The second-order valence-corrected chi connectivity index (χ2v) is 5.43. The minimum absolute atomic E-state index is 0.321. The zero-order chi connectivity index (χ0) is 13.7. The molecule has 1 aromatic rings. The van der Waals surface area contributed by atoms with E-state index in [4.69, 9.17) is 4.74 Å². The van der Waals surface area contributed by atoms with Crippen molar-refractivity contribution in [2.24, 2.45) is 0 Å². The Morgan fingerprint density at radius 2 is 2.11 bits per heavy atom. The Bertz CT molecular complexity index is 377. The molecule has 0 bridgehead atoms. The Morgan fingerprint density at radius 1 is 1.37 bits per heavy atom. The molecule has 0 radical (unpaired) electrons. The maximum absolute atomic E-state index is 5.81. The predicted molar refractivity (Wildman–Crippen MR) is 79.5 cm³/mol. The fourth-order valence-electron chi connectivity index (χ4n) is 2.47. The van der Waals surface area contributed by atoms with Crippen molar-refractivity contribution in [3.63, 3.8) is 0 Å². The van der Waals surface area contributed by atoms with Crippen LogP contribution in [0.3, 0.4) is 0 Å². The molecule has 2 rings (SSSR count). The van der Waals surface area contributed by atoms with Crippen LogP contribution in [-0.4, -0.2) is 43.8 Å². The number of likely N-dealkylation sites (N-methyl/N-ethyl adjacent to an activating group) is 1. The third-order valence-corrected chi connectivity index (χ3v) is 3.90. The minimum Gasteiger partial charge on any atom is -0.374 e. The van der Waals surface area contributed by atoms with Crippen molar-refractivity contribution in [1.82, 2.24) is 10.2 Å². The first-order valence-corrected chi connectivity index (χ1v) is 7.33. The van der Waals surface area contributed by atoms with E-state index in [0.29, 0.717) is 12.1 Å². The van der Waals surface area contributed by atoms with Gasteiger partial charge in [0.2, 0.25) is 0 Å². The average Bonchev–Trinajstić information content (AvgIpc) is 2.46. The summed E-state index contributed by atoms with van der Waals surface area (Å²) in [5.41, 5.74) is 2.65. The van der Waals surface area contributed by atoms with Gasteiger partial charge in [0.15, 0.2) is 0 Å². The first kappa shape index (κ1) is 14.5. The van der Waals surface area contributed by atoms with Gasteiger partial charge in [-0.3, -0.25) is 4.90 Å². The van der Waals surface area contributed by atoms with E-state index in [1.165, 1.54) is 11.1 Å². The molecular weight excluding hydrogens is 236 g/mol. The summed E-state index contributed by atoms with van der Waals surface area (Å²) in [7, 11) is 0. The van der Waals surface area contributed by atoms with E-state index < -0.39 is 0 Å². The van der Waals surface area contributed by atoms with Crippen molar-refractivity contribution >= 4 is 0 Å². The molecule has 1 unspecified atom stereocenters. The summed E-state index contributed by atoms with van der Waals surface area (Å²) in [5, 5.41) is 3.58. The fraction of sp³-hybridized carbons (Fsp3) is 0.625. The van der Waals surface area contributed by atoms with Gasteiger partial charge in [-0.2, -0.15) is 0 Å². The van der Waals surface area contributed by atoms with E-state index >= 15 is 0 Å². The third-order valence-electron chi connectivity index (χ3n) is 3.90. The van der Waals surface area contributed by atoms with Crippen LogP contribution < -0.4 is 5.32 Å². The van der Waals surface area contributed by atoms with E-state index in [0.717, 1.165) is 32.8 Å². The minimum atomic E-state index is 0.321. The molecule has 0 amide bonds. The Morgan fingerprint density at radius 3 is 2.79 bits per heavy atom. The highest BCUT2D eigenvalue weighted by Gasteiger charge is 2.19. The normalized spacial score (nSPS) is 22.4. The smallest absolute Gasteiger partial charge is 0.0826 e. The monoisotopic (exact) mass is 262 g/mol. The van der Waals surface area contributed by atoms with Gasteiger partial charge in [-0.1, -0.05) is 36.8 Å². The molecule has 0 aromatic heterocycles. The van der Waals surface area contributed by atoms with Crippen molar-refractivity contribution in [3.8, 4) is 0 Å². The quantitative estimate of drug-likeness (QED) is 0.881. The molecule has 0 spiro atoms. The first-order chi connectivity index (χ1) is 9.19. The number of nitrogens with one attached hydrogen (secondary N) is 1. The molecule has 1 N–H and O–H groups in total. The topological polar surface area (TPSA) is 24.5 Å². The van der Waals surface area contributed by atoms with Gasteiger partial charge in [0.05, 0.1) is 12.7 Å². The number of hydrogen-bond acceptors (Lipinski definition) is 3. The second-order valence-electron chi connectivity index (χ2n) is 5.43. The zero-order valence-electron chi connectivity index (χ0n) is 12.4. The van der Waals surface area contributed by atoms with Crippen LogP contribution in [0, 0.1) is 6.92 Å². The molecule has 3 heteroatoms. The lowest BCUT2D eigenvalue weighted by Gasteiger charge is -2.32. The Balaban J connectivity index is 1.79. The van der Waals surface area contributed by atoms with Gasteiger partial charge in [-0.15, -0.1) is 0 Å². The van der Waals surface area contributed by atoms with E-state index in [9.17, 15) is 0 Å². The Labute approximate surface area is 116 Å². The first-order valence-electron chi connectivity index (χ1n) is 7.33. The molecule has 1 heterocycles. The lowest BCUT2D eigenvalue weighted by Crippen LogP contribution is -2.46. The molecule has 19 heavy (non-hydrogen) atoms. The van der Waals surface area contributed by atoms with Crippen LogP contribution in [0.15, 0.2) is 24.3 Å². The zero-order valence-corrected chi connectivity index (χ0v) is 12.4. The van der Waals surface area contributed by atoms with Crippen LogP contribution in [-0.2, 0) is 4.74 Å². The number of hydrogen-bond donors (Lipinski definition) is 1. The van der Waals surface area contributed by atoms with Crippen LogP contribution >= 0.6 is 0 Å². The van der Waals surface area contributed by atoms with Crippen molar-refractivity contribution in [2.75, 3.05) is 32.8 Å². The third kappa shape index (κ3) is 4.30. The predicted octanol–water partition coefficient (Wildman–Crippen LogP) is 2.37. The molecule has 1 fully saturated rings.